The van der Waals surface area contributed by atoms with Gasteiger partial charge in [-0.25, -0.2) is 9.97 Å². The summed E-state index contributed by atoms with van der Waals surface area (Å²) >= 11 is 1.45. The Hall–Kier alpha value is -2.38. The summed E-state index contributed by atoms with van der Waals surface area (Å²) < 4.78 is 5.49. The monoisotopic (exact) mass is 344 g/mol. The van der Waals surface area contributed by atoms with Gasteiger partial charge < -0.3 is 20.1 Å². The summed E-state index contributed by atoms with van der Waals surface area (Å²) in [4.78, 5) is 12.0. The first kappa shape index (κ1) is 16.5. The SMILES string of the molecule is COc1cc(Nc2nc(C(C)(C)O)cs2)ccc1-c1nc(C)c[nH]1. The number of ether oxygens (including phenoxy) is 1. The van der Waals surface area contributed by atoms with Crippen LogP contribution in [0.2, 0.25) is 0 Å². The number of hydrogen-bond donors (Lipinski definition) is 3. The van der Waals surface area contributed by atoms with Crippen LogP contribution in [0.5, 0.6) is 5.75 Å². The molecule has 3 N–H and O–H groups in total. The van der Waals surface area contributed by atoms with Crippen molar-refractivity contribution in [2.45, 2.75) is 26.4 Å². The largest absolute Gasteiger partial charge is 0.496 e. The van der Waals surface area contributed by atoms with E-state index in [9.17, 15) is 5.11 Å². The van der Waals surface area contributed by atoms with Crippen LogP contribution >= 0.6 is 11.3 Å². The quantitative estimate of drug-likeness (QED) is 0.655. The van der Waals surface area contributed by atoms with Gasteiger partial charge in [0.1, 0.15) is 17.2 Å². The number of aryl methyl sites for hydroxylation is 1. The smallest absolute Gasteiger partial charge is 0.187 e. The van der Waals surface area contributed by atoms with Crippen molar-refractivity contribution < 1.29 is 9.84 Å². The second-order valence-corrected chi connectivity index (χ2v) is 6.89. The molecule has 0 aliphatic carbocycles. The van der Waals surface area contributed by atoms with Crippen LogP contribution in [-0.4, -0.2) is 27.2 Å². The van der Waals surface area contributed by atoms with Gasteiger partial charge in [0.05, 0.1) is 24.1 Å². The van der Waals surface area contributed by atoms with E-state index in [1.54, 1.807) is 21.0 Å². The second-order valence-electron chi connectivity index (χ2n) is 6.03. The molecule has 3 rings (SSSR count). The van der Waals surface area contributed by atoms with Crippen molar-refractivity contribution >= 4 is 22.2 Å². The van der Waals surface area contributed by atoms with Crippen molar-refractivity contribution in [2.75, 3.05) is 12.4 Å². The summed E-state index contributed by atoms with van der Waals surface area (Å²) in [6, 6.07) is 5.79. The summed E-state index contributed by atoms with van der Waals surface area (Å²) in [5, 5.41) is 15.8. The molecule has 126 valence electrons. The fourth-order valence-electron chi connectivity index (χ4n) is 2.25. The highest BCUT2D eigenvalue weighted by atomic mass is 32.1. The van der Waals surface area contributed by atoms with Crippen molar-refractivity contribution in [3.05, 3.63) is 41.2 Å². The van der Waals surface area contributed by atoms with Gasteiger partial charge in [0.2, 0.25) is 0 Å². The highest BCUT2D eigenvalue weighted by molar-refractivity contribution is 7.13. The van der Waals surface area contributed by atoms with Crippen molar-refractivity contribution in [1.82, 2.24) is 15.0 Å². The number of imidazole rings is 1. The van der Waals surface area contributed by atoms with E-state index in [4.69, 9.17) is 4.74 Å². The molecule has 7 heteroatoms. The summed E-state index contributed by atoms with van der Waals surface area (Å²) in [7, 11) is 1.63. The molecule has 0 aliphatic rings. The first-order valence-corrected chi connectivity index (χ1v) is 8.40. The van der Waals surface area contributed by atoms with Gasteiger partial charge in [-0.2, -0.15) is 0 Å². The minimum atomic E-state index is -0.949. The van der Waals surface area contributed by atoms with Crippen molar-refractivity contribution in [1.29, 1.82) is 0 Å². The average molecular weight is 344 g/mol. The molecule has 0 bridgehead atoms. The van der Waals surface area contributed by atoms with E-state index >= 15 is 0 Å². The standard InChI is InChI=1S/C17H20N4O2S/c1-10-8-18-15(19-10)12-6-5-11(7-13(12)23-4)20-16-21-14(9-24-16)17(2,3)22/h5-9,22H,1-4H3,(H,18,19)(H,20,21). The highest BCUT2D eigenvalue weighted by Crippen LogP contribution is 2.33. The van der Waals surface area contributed by atoms with E-state index in [1.807, 2.05) is 36.7 Å². The predicted molar refractivity (Wildman–Crippen MR) is 96.0 cm³/mol. The fourth-order valence-corrected chi connectivity index (χ4v) is 3.14. The molecule has 0 aliphatic heterocycles. The van der Waals surface area contributed by atoms with Gasteiger partial charge in [-0.1, -0.05) is 0 Å². The third-order valence-electron chi connectivity index (χ3n) is 3.54. The maximum atomic E-state index is 10.0. The number of nitrogens with one attached hydrogen (secondary N) is 2. The summed E-state index contributed by atoms with van der Waals surface area (Å²) in [5.41, 5.74) is 2.37. The number of anilines is 2. The molecule has 0 saturated heterocycles. The van der Waals surface area contributed by atoms with Crippen LogP contribution in [0.25, 0.3) is 11.4 Å². The van der Waals surface area contributed by atoms with E-state index < -0.39 is 5.60 Å². The lowest BCUT2D eigenvalue weighted by Gasteiger charge is -2.13. The van der Waals surface area contributed by atoms with Crippen molar-refractivity contribution in [2.24, 2.45) is 0 Å². The van der Waals surface area contributed by atoms with Crippen LogP contribution in [0.3, 0.4) is 0 Å². The Morgan fingerprint density at radius 3 is 2.67 bits per heavy atom. The lowest BCUT2D eigenvalue weighted by Crippen LogP contribution is -2.15. The summed E-state index contributed by atoms with van der Waals surface area (Å²) in [6.07, 6.45) is 1.86. The Labute approximate surface area is 144 Å². The molecule has 2 heterocycles. The molecule has 0 spiro atoms. The van der Waals surface area contributed by atoms with Crippen LogP contribution in [0.1, 0.15) is 25.2 Å². The number of rotatable bonds is 5. The Balaban J connectivity index is 1.86. The van der Waals surface area contributed by atoms with E-state index in [1.165, 1.54) is 11.3 Å². The number of hydrogen-bond acceptors (Lipinski definition) is 6. The maximum absolute atomic E-state index is 10.0. The number of thiazole rings is 1. The number of aromatic nitrogens is 3. The topological polar surface area (TPSA) is 83.1 Å². The highest BCUT2D eigenvalue weighted by Gasteiger charge is 2.19. The number of benzene rings is 1. The Kier molecular flexibility index (Phi) is 4.29. The number of aromatic amines is 1. The molecule has 1 aromatic carbocycles. The van der Waals surface area contributed by atoms with Crippen molar-refractivity contribution in [3.63, 3.8) is 0 Å². The number of aliphatic hydroxyl groups is 1. The zero-order valence-corrected chi connectivity index (χ0v) is 14.9. The van der Waals surface area contributed by atoms with Crippen LogP contribution < -0.4 is 10.1 Å². The van der Waals surface area contributed by atoms with Gasteiger partial charge in [-0.05, 0) is 32.9 Å². The van der Waals surface area contributed by atoms with Crippen LogP contribution in [-0.2, 0) is 5.60 Å². The van der Waals surface area contributed by atoms with E-state index in [0.29, 0.717) is 11.4 Å². The molecule has 0 fully saturated rings. The molecule has 0 atom stereocenters. The van der Waals surface area contributed by atoms with E-state index in [0.717, 1.165) is 27.9 Å². The predicted octanol–water partition coefficient (Wildman–Crippen LogP) is 3.82. The molecule has 3 aromatic rings. The van der Waals surface area contributed by atoms with Crippen LogP contribution in [0.15, 0.2) is 29.8 Å². The van der Waals surface area contributed by atoms with Gasteiger partial charge in [0.25, 0.3) is 0 Å². The molecule has 0 amide bonds. The zero-order valence-electron chi connectivity index (χ0n) is 14.0. The third kappa shape index (κ3) is 3.42. The number of nitrogens with zero attached hydrogens (tertiary/aromatic N) is 2. The molecule has 6 nitrogen and oxygen atoms in total. The van der Waals surface area contributed by atoms with Gasteiger partial charge in [-0.3, -0.25) is 0 Å². The van der Waals surface area contributed by atoms with Crippen LogP contribution in [0.4, 0.5) is 10.8 Å². The molecule has 24 heavy (non-hydrogen) atoms. The Morgan fingerprint density at radius 2 is 2.08 bits per heavy atom. The lowest BCUT2D eigenvalue weighted by molar-refractivity contribution is 0.0746. The first-order valence-electron chi connectivity index (χ1n) is 7.52. The lowest BCUT2D eigenvalue weighted by atomic mass is 10.1. The van der Waals surface area contributed by atoms with E-state index in [-0.39, 0.29) is 0 Å². The molecule has 0 unspecified atom stereocenters. The van der Waals surface area contributed by atoms with Gasteiger partial charge in [0, 0.05) is 23.3 Å². The molecule has 0 saturated carbocycles. The van der Waals surface area contributed by atoms with Crippen molar-refractivity contribution in [3.8, 4) is 17.1 Å². The number of H-pyrrole nitrogens is 1. The minimum Gasteiger partial charge on any atom is -0.496 e. The normalized spacial score (nSPS) is 11.5. The van der Waals surface area contributed by atoms with Gasteiger partial charge in [-0.15, -0.1) is 11.3 Å². The summed E-state index contributed by atoms with van der Waals surface area (Å²) in [5.74, 6) is 1.49. The molecular formula is C17H20N4O2S. The van der Waals surface area contributed by atoms with Gasteiger partial charge in [0.15, 0.2) is 5.13 Å². The fraction of sp³-hybridized carbons (Fsp3) is 0.294. The Morgan fingerprint density at radius 1 is 1.29 bits per heavy atom. The maximum Gasteiger partial charge on any atom is 0.187 e. The van der Waals surface area contributed by atoms with E-state index in [2.05, 4.69) is 20.3 Å². The first-order chi connectivity index (χ1) is 11.4. The Bertz CT molecular complexity index is 848. The minimum absolute atomic E-state index is 0.643. The molecule has 2 aromatic heterocycles. The zero-order chi connectivity index (χ0) is 17.3. The molecular weight excluding hydrogens is 324 g/mol. The van der Waals surface area contributed by atoms with Crippen LogP contribution in [0, 0.1) is 6.92 Å². The second kappa shape index (κ2) is 6.26. The number of methoxy groups -OCH3 is 1. The van der Waals surface area contributed by atoms with Gasteiger partial charge >= 0.3 is 0 Å². The average Bonchev–Trinajstić information content (AvgIpc) is 3.16. The molecule has 0 radical (unpaired) electrons. The summed E-state index contributed by atoms with van der Waals surface area (Å²) in [6.45, 7) is 5.37. The third-order valence-corrected chi connectivity index (χ3v) is 4.30.